The van der Waals surface area contributed by atoms with E-state index in [0.717, 1.165) is 48.6 Å². The first-order valence-corrected chi connectivity index (χ1v) is 10.7. The Morgan fingerprint density at radius 3 is 2.81 bits per heavy atom. The average molecular weight is 436 g/mol. The first kappa shape index (κ1) is 21.7. The number of rotatable bonds is 6. The summed E-state index contributed by atoms with van der Waals surface area (Å²) in [5.74, 6) is 1.09. The molecule has 9 heteroatoms. The number of benzene rings is 1. The molecule has 2 N–H and O–H groups in total. The molecule has 2 aromatic heterocycles. The van der Waals surface area contributed by atoms with Crippen LogP contribution in [0.2, 0.25) is 0 Å². The lowest BCUT2D eigenvalue weighted by Gasteiger charge is -2.31. The van der Waals surface area contributed by atoms with Gasteiger partial charge in [-0.15, -0.1) is 0 Å². The Morgan fingerprint density at radius 2 is 2.12 bits per heavy atom. The number of likely N-dealkylation sites (tertiary alicyclic amines) is 1. The SMILES string of the molecule is Cc1c(C#N)c(NC(=O)CN2CCC[C@@H](c3ncn[nH]3)C2)n(Cc2ccc(F)cc2)c1C. The fraction of sp³-hybridized carbons (Fsp3) is 0.391. The number of anilines is 1. The molecule has 0 bridgehead atoms. The van der Waals surface area contributed by atoms with Crippen LogP contribution >= 0.6 is 0 Å². The number of aromatic amines is 1. The summed E-state index contributed by atoms with van der Waals surface area (Å²) in [6.45, 7) is 6.01. The van der Waals surface area contributed by atoms with E-state index in [1.54, 1.807) is 12.1 Å². The van der Waals surface area contributed by atoms with Gasteiger partial charge in [-0.05, 0) is 56.5 Å². The van der Waals surface area contributed by atoms with Crippen LogP contribution in [-0.2, 0) is 11.3 Å². The van der Waals surface area contributed by atoms with Crippen molar-refractivity contribution in [2.75, 3.05) is 25.0 Å². The number of hydrogen-bond acceptors (Lipinski definition) is 5. The second kappa shape index (κ2) is 9.32. The molecule has 32 heavy (non-hydrogen) atoms. The summed E-state index contributed by atoms with van der Waals surface area (Å²) in [6, 6.07) is 8.46. The fourth-order valence-electron chi connectivity index (χ4n) is 4.31. The van der Waals surface area contributed by atoms with Crippen LogP contribution in [0.25, 0.3) is 0 Å². The minimum absolute atomic E-state index is 0.169. The molecule has 1 amide bonds. The Balaban J connectivity index is 1.50. The number of halogens is 1. The molecule has 0 aliphatic carbocycles. The third kappa shape index (κ3) is 4.55. The number of aromatic nitrogens is 4. The van der Waals surface area contributed by atoms with Crippen LogP contribution in [0.1, 0.15) is 47.0 Å². The van der Waals surface area contributed by atoms with E-state index in [2.05, 4.69) is 31.5 Å². The zero-order valence-electron chi connectivity index (χ0n) is 18.2. The predicted octanol–water partition coefficient (Wildman–Crippen LogP) is 3.10. The monoisotopic (exact) mass is 435 g/mol. The van der Waals surface area contributed by atoms with Crippen LogP contribution in [-0.4, -0.2) is 50.2 Å². The molecule has 3 heterocycles. The molecular formula is C23H26FN7O. The molecule has 1 fully saturated rings. The summed E-state index contributed by atoms with van der Waals surface area (Å²) in [4.78, 5) is 19.3. The van der Waals surface area contributed by atoms with Crippen LogP contribution in [0.4, 0.5) is 10.2 Å². The van der Waals surface area contributed by atoms with Crippen molar-refractivity contribution in [1.29, 1.82) is 5.26 Å². The Bertz CT molecular complexity index is 1130. The van der Waals surface area contributed by atoms with Gasteiger partial charge in [-0.2, -0.15) is 10.4 Å². The maximum atomic E-state index is 13.3. The van der Waals surface area contributed by atoms with Gasteiger partial charge in [0.05, 0.1) is 12.1 Å². The number of nitrogens with one attached hydrogen (secondary N) is 2. The van der Waals surface area contributed by atoms with Gasteiger partial charge >= 0.3 is 0 Å². The number of nitrogens with zero attached hydrogens (tertiary/aromatic N) is 5. The normalized spacial score (nSPS) is 16.6. The maximum absolute atomic E-state index is 13.3. The average Bonchev–Trinajstić information content (AvgIpc) is 3.39. The van der Waals surface area contributed by atoms with Gasteiger partial charge in [0, 0.05) is 24.7 Å². The van der Waals surface area contributed by atoms with Gasteiger partial charge in [-0.1, -0.05) is 12.1 Å². The number of nitriles is 1. The summed E-state index contributed by atoms with van der Waals surface area (Å²) >= 11 is 0. The minimum atomic E-state index is -0.300. The van der Waals surface area contributed by atoms with Crippen LogP contribution in [0.3, 0.4) is 0 Å². The van der Waals surface area contributed by atoms with Crippen molar-refractivity contribution in [2.24, 2.45) is 0 Å². The summed E-state index contributed by atoms with van der Waals surface area (Å²) < 4.78 is 15.2. The van der Waals surface area contributed by atoms with Crippen molar-refractivity contribution in [1.82, 2.24) is 24.6 Å². The molecule has 0 radical (unpaired) electrons. The molecule has 8 nitrogen and oxygen atoms in total. The van der Waals surface area contributed by atoms with E-state index in [1.165, 1.54) is 18.5 Å². The van der Waals surface area contributed by atoms with Gasteiger partial charge < -0.3 is 9.88 Å². The quantitative estimate of drug-likeness (QED) is 0.619. The third-order valence-electron chi connectivity index (χ3n) is 6.15. The summed E-state index contributed by atoms with van der Waals surface area (Å²) in [7, 11) is 0. The van der Waals surface area contributed by atoms with Gasteiger partial charge in [0.1, 0.15) is 29.9 Å². The van der Waals surface area contributed by atoms with Crippen molar-refractivity contribution >= 4 is 11.7 Å². The Labute approximate surface area is 186 Å². The lowest BCUT2D eigenvalue weighted by atomic mass is 9.97. The zero-order chi connectivity index (χ0) is 22.7. The Kier molecular flexibility index (Phi) is 6.32. The van der Waals surface area contributed by atoms with Crippen LogP contribution in [0.15, 0.2) is 30.6 Å². The van der Waals surface area contributed by atoms with E-state index in [4.69, 9.17) is 0 Å². The number of hydrogen-bond donors (Lipinski definition) is 2. The molecular weight excluding hydrogens is 409 g/mol. The van der Waals surface area contributed by atoms with E-state index in [-0.39, 0.29) is 24.2 Å². The highest BCUT2D eigenvalue weighted by Crippen LogP contribution is 2.28. The molecule has 3 aromatic rings. The largest absolute Gasteiger partial charge is 0.326 e. The van der Waals surface area contributed by atoms with E-state index in [1.807, 2.05) is 18.4 Å². The van der Waals surface area contributed by atoms with Crippen molar-refractivity contribution in [3.63, 3.8) is 0 Å². The fourth-order valence-corrected chi connectivity index (χ4v) is 4.31. The van der Waals surface area contributed by atoms with Gasteiger partial charge in [-0.25, -0.2) is 9.37 Å². The van der Waals surface area contributed by atoms with Crippen LogP contribution in [0.5, 0.6) is 0 Å². The molecule has 1 aromatic carbocycles. The van der Waals surface area contributed by atoms with Crippen molar-refractivity contribution in [3.8, 4) is 6.07 Å². The molecule has 1 aliphatic heterocycles. The van der Waals surface area contributed by atoms with Crippen molar-refractivity contribution in [2.45, 2.75) is 39.2 Å². The first-order valence-electron chi connectivity index (χ1n) is 10.7. The standard InChI is InChI=1S/C23H26FN7O/c1-15-16(2)31(11-17-5-7-19(24)8-6-17)23(20(15)10-25)28-21(32)13-30-9-3-4-18(12-30)22-26-14-27-29-22/h5-8,14,18H,3-4,9,11-13H2,1-2H3,(H,28,32)(H,26,27,29)/t18-/m1/s1. The molecule has 1 aliphatic rings. The highest BCUT2D eigenvalue weighted by atomic mass is 19.1. The summed E-state index contributed by atoms with van der Waals surface area (Å²) in [5, 5.41) is 19.6. The second-order valence-corrected chi connectivity index (χ2v) is 8.25. The van der Waals surface area contributed by atoms with E-state index in [9.17, 15) is 14.4 Å². The van der Waals surface area contributed by atoms with E-state index >= 15 is 0 Å². The van der Waals surface area contributed by atoms with Crippen LogP contribution < -0.4 is 5.32 Å². The molecule has 0 spiro atoms. The third-order valence-corrected chi connectivity index (χ3v) is 6.15. The summed E-state index contributed by atoms with van der Waals surface area (Å²) in [6.07, 6.45) is 3.48. The van der Waals surface area contributed by atoms with Crippen LogP contribution in [0, 0.1) is 31.0 Å². The number of amides is 1. The number of carbonyl (C=O) groups excluding carboxylic acids is 1. The van der Waals surface area contributed by atoms with Gasteiger partial charge in [0.2, 0.25) is 5.91 Å². The maximum Gasteiger partial charge on any atom is 0.239 e. The molecule has 1 saturated heterocycles. The highest BCUT2D eigenvalue weighted by molar-refractivity contribution is 5.93. The van der Waals surface area contributed by atoms with Gasteiger partial charge in [-0.3, -0.25) is 14.8 Å². The molecule has 0 unspecified atom stereocenters. The highest BCUT2D eigenvalue weighted by Gasteiger charge is 2.26. The number of piperidine rings is 1. The van der Waals surface area contributed by atoms with E-state index in [0.29, 0.717) is 17.9 Å². The first-order chi connectivity index (χ1) is 15.5. The molecule has 0 saturated carbocycles. The van der Waals surface area contributed by atoms with Crippen molar-refractivity contribution < 1.29 is 9.18 Å². The zero-order valence-corrected chi connectivity index (χ0v) is 18.2. The van der Waals surface area contributed by atoms with Crippen molar-refractivity contribution in [3.05, 3.63) is 64.6 Å². The number of H-pyrrole nitrogens is 1. The molecule has 166 valence electrons. The lowest BCUT2D eigenvalue weighted by molar-refractivity contribution is -0.117. The van der Waals surface area contributed by atoms with Gasteiger partial charge in [0.25, 0.3) is 0 Å². The van der Waals surface area contributed by atoms with Gasteiger partial charge in [0.15, 0.2) is 0 Å². The Morgan fingerprint density at radius 1 is 1.34 bits per heavy atom. The topological polar surface area (TPSA) is 103 Å². The Hall–Kier alpha value is -3.51. The second-order valence-electron chi connectivity index (χ2n) is 8.25. The predicted molar refractivity (Wildman–Crippen MR) is 118 cm³/mol. The lowest BCUT2D eigenvalue weighted by Crippen LogP contribution is -2.40. The smallest absolute Gasteiger partial charge is 0.239 e. The molecule has 4 rings (SSSR count). The molecule has 1 atom stereocenters. The number of carbonyl (C=O) groups is 1. The van der Waals surface area contributed by atoms with E-state index < -0.39 is 0 Å². The minimum Gasteiger partial charge on any atom is -0.326 e. The summed E-state index contributed by atoms with van der Waals surface area (Å²) in [5.41, 5.74) is 3.06.